The number of nitrogens with zero attached hydrogens (tertiary/aromatic N) is 2. The van der Waals surface area contributed by atoms with Gasteiger partial charge in [-0.2, -0.15) is 0 Å². The molecule has 1 aromatic heterocycles. The number of benzene rings is 2. The summed E-state index contributed by atoms with van der Waals surface area (Å²) in [6.45, 7) is 3.02. The molecule has 1 amide bonds. The Balaban J connectivity index is 1.53. The summed E-state index contributed by atoms with van der Waals surface area (Å²) >= 11 is 6.18. The van der Waals surface area contributed by atoms with Gasteiger partial charge in [-0.3, -0.25) is 9.78 Å². The number of piperidine rings is 1. The minimum absolute atomic E-state index is 0.0281. The lowest BCUT2D eigenvalue weighted by molar-refractivity contribution is -0.138. The van der Waals surface area contributed by atoms with Crippen molar-refractivity contribution in [3.63, 3.8) is 0 Å². The fourth-order valence-electron chi connectivity index (χ4n) is 4.45. The van der Waals surface area contributed by atoms with Gasteiger partial charge in [-0.05, 0) is 80.7 Å². The van der Waals surface area contributed by atoms with Gasteiger partial charge in [0.05, 0.1) is 18.3 Å². The summed E-state index contributed by atoms with van der Waals surface area (Å²) in [5.41, 5.74) is 1.89. The zero-order valence-electron chi connectivity index (χ0n) is 19.4. The van der Waals surface area contributed by atoms with E-state index in [1.165, 1.54) is 0 Å². The smallest absolute Gasteiger partial charge is 0.226 e. The largest absolute Gasteiger partial charge is 0.494 e. The van der Waals surface area contributed by atoms with E-state index in [0.717, 1.165) is 55.8 Å². The van der Waals surface area contributed by atoms with Crippen molar-refractivity contribution in [1.82, 2.24) is 15.2 Å². The summed E-state index contributed by atoms with van der Waals surface area (Å²) in [7, 11) is 0. The molecule has 3 aromatic rings. The standard InChI is InChI=1S/C28H32ClN3O2/c29-24-13-11-22(12-14-24)27(26-10-4-5-17-31-26)32(28(33)23-15-18-30-19-16-23)20-6-7-21-34-25-8-2-1-3-9-25/h1-5,8-14,17,23,27,30H,6-7,15-16,18-21H2. The average molecular weight is 478 g/mol. The summed E-state index contributed by atoms with van der Waals surface area (Å²) in [6.07, 6.45) is 5.23. The van der Waals surface area contributed by atoms with Crippen LogP contribution < -0.4 is 10.1 Å². The number of carbonyl (C=O) groups excluding carboxylic acids is 1. The molecule has 1 N–H and O–H groups in total. The van der Waals surface area contributed by atoms with Gasteiger partial charge in [-0.25, -0.2) is 0 Å². The molecule has 34 heavy (non-hydrogen) atoms. The number of halogens is 1. The monoisotopic (exact) mass is 477 g/mol. The number of hydrogen-bond donors (Lipinski definition) is 1. The molecule has 0 bridgehead atoms. The van der Waals surface area contributed by atoms with Crippen molar-refractivity contribution in [2.24, 2.45) is 5.92 Å². The molecule has 6 heteroatoms. The normalized spacial score (nSPS) is 15.0. The summed E-state index contributed by atoms with van der Waals surface area (Å²) in [5, 5.41) is 4.05. The Morgan fingerprint density at radius 1 is 1.00 bits per heavy atom. The molecule has 1 fully saturated rings. The van der Waals surface area contributed by atoms with Crippen LogP contribution in [0.5, 0.6) is 5.75 Å². The van der Waals surface area contributed by atoms with Crippen LogP contribution in [0.15, 0.2) is 79.0 Å². The van der Waals surface area contributed by atoms with Crippen LogP contribution in [0, 0.1) is 5.92 Å². The number of amides is 1. The quantitative estimate of drug-likeness (QED) is 0.391. The van der Waals surface area contributed by atoms with E-state index in [0.29, 0.717) is 18.2 Å². The van der Waals surface area contributed by atoms with Crippen molar-refractivity contribution in [2.75, 3.05) is 26.2 Å². The molecule has 1 saturated heterocycles. The third-order valence-corrected chi connectivity index (χ3v) is 6.49. The topological polar surface area (TPSA) is 54.5 Å². The third kappa shape index (κ3) is 6.58. The Labute approximate surface area is 207 Å². The molecule has 2 aromatic carbocycles. The van der Waals surface area contributed by atoms with E-state index >= 15 is 0 Å². The predicted octanol–water partition coefficient (Wildman–Crippen LogP) is 5.51. The number of nitrogens with one attached hydrogen (secondary N) is 1. The van der Waals surface area contributed by atoms with Crippen molar-refractivity contribution in [3.05, 3.63) is 95.3 Å². The van der Waals surface area contributed by atoms with E-state index in [9.17, 15) is 4.79 Å². The first-order chi connectivity index (χ1) is 16.7. The SMILES string of the molecule is O=C(C1CCNCC1)N(CCCCOc1ccccc1)C(c1ccc(Cl)cc1)c1ccccn1. The van der Waals surface area contributed by atoms with Gasteiger partial charge in [0.2, 0.25) is 5.91 Å². The van der Waals surface area contributed by atoms with Gasteiger partial charge in [-0.15, -0.1) is 0 Å². The average Bonchev–Trinajstić information content (AvgIpc) is 2.90. The van der Waals surface area contributed by atoms with Crippen molar-refractivity contribution < 1.29 is 9.53 Å². The molecule has 2 heterocycles. The molecule has 0 spiro atoms. The molecule has 0 saturated carbocycles. The lowest BCUT2D eigenvalue weighted by Gasteiger charge is -2.36. The zero-order valence-corrected chi connectivity index (χ0v) is 20.2. The number of carbonyl (C=O) groups is 1. The van der Waals surface area contributed by atoms with E-state index in [1.807, 2.05) is 77.7 Å². The minimum atomic E-state index is -0.254. The fourth-order valence-corrected chi connectivity index (χ4v) is 4.58. The number of rotatable bonds is 10. The van der Waals surface area contributed by atoms with E-state index in [1.54, 1.807) is 6.20 Å². The van der Waals surface area contributed by atoms with Gasteiger partial charge >= 0.3 is 0 Å². The second-order valence-corrected chi connectivity index (χ2v) is 9.07. The number of pyridine rings is 1. The molecule has 1 aliphatic rings. The molecule has 4 rings (SSSR count). The highest BCUT2D eigenvalue weighted by Crippen LogP contribution is 2.31. The summed E-state index contributed by atoms with van der Waals surface area (Å²) < 4.78 is 5.87. The molecule has 1 atom stereocenters. The van der Waals surface area contributed by atoms with E-state index in [2.05, 4.69) is 10.3 Å². The molecule has 0 aliphatic carbocycles. The van der Waals surface area contributed by atoms with Crippen LogP contribution in [0.2, 0.25) is 5.02 Å². The Morgan fingerprint density at radius 2 is 1.74 bits per heavy atom. The molecular weight excluding hydrogens is 446 g/mol. The number of hydrogen-bond acceptors (Lipinski definition) is 4. The van der Waals surface area contributed by atoms with Crippen molar-refractivity contribution in [3.8, 4) is 5.75 Å². The van der Waals surface area contributed by atoms with Gasteiger partial charge < -0.3 is 15.0 Å². The van der Waals surface area contributed by atoms with Crippen molar-refractivity contribution in [2.45, 2.75) is 31.7 Å². The van der Waals surface area contributed by atoms with Crippen molar-refractivity contribution >= 4 is 17.5 Å². The van der Waals surface area contributed by atoms with Crippen LogP contribution in [-0.4, -0.2) is 42.0 Å². The molecule has 1 aliphatic heterocycles. The van der Waals surface area contributed by atoms with Crippen LogP contribution in [0.4, 0.5) is 0 Å². The van der Waals surface area contributed by atoms with Gasteiger partial charge in [0.25, 0.3) is 0 Å². The summed E-state index contributed by atoms with van der Waals surface area (Å²) in [5.74, 6) is 1.11. The lowest BCUT2D eigenvalue weighted by Crippen LogP contribution is -2.43. The number of aromatic nitrogens is 1. The number of para-hydroxylation sites is 1. The maximum absolute atomic E-state index is 13.9. The second kappa shape index (κ2) is 12.5. The maximum atomic E-state index is 13.9. The van der Waals surface area contributed by atoms with Gasteiger partial charge in [0, 0.05) is 23.7 Å². The highest BCUT2D eigenvalue weighted by atomic mass is 35.5. The Morgan fingerprint density at radius 3 is 2.44 bits per heavy atom. The fraction of sp³-hybridized carbons (Fsp3) is 0.357. The van der Waals surface area contributed by atoms with Gasteiger partial charge in [-0.1, -0.05) is 48.0 Å². The van der Waals surface area contributed by atoms with Crippen LogP contribution in [0.25, 0.3) is 0 Å². The Kier molecular flexibility index (Phi) is 8.94. The van der Waals surface area contributed by atoms with Gasteiger partial charge in [0.15, 0.2) is 0 Å². The van der Waals surface area contributed by atoms with E-state index in [-0.39, 0.29) is 17.9 Å². The van der Waals surface area contributed by atoms with Gasteiger partial charge in [0.1, 0.15) is 5.75 Å². The Hall–Kier alpha value is -2.89. The van der Waals surface area contributed by atoms with Crippen LogP contribution in [0.3, 0.4) is 0 Å². The third-order valence-electron chi connectivity index (χ3n) is 6.24. The van der Waals surface area contributed by atoms with Crippen LogP contribution >= 0.6 is 11.6 Å². The minimum Gasteiger partial charge on any atom is -0.494 e. The highest BCUT2D eigenvalue weighted by molar-refractivity contribution is 6.30. The Bertz CT molecular complexity index is 1010. The number of unbranched alkanes of at least 4 members (excludes halogenated alkanes) is 1. The van der Waals surface area contributed by atoms with E-state index in [4.69, 9.17) is 16.3 Å². The molecule has 0 radical (unpaired) electrons. The van der Waals surface area contributed by atoms with Crippen LogP contribution in [-0.2, 0) is 4.79 Å². The first kappa shape index (κ1) is 24.2. The second-order valence-electron chi connectivity index (χ2n) is 8.63. The molecule has 5 nitrogen and oxygen atoms in total. The first-order valence-electron chi connectivity index (χ1n) is 12.1. The zero-order chi connectivity index (χ0) is 23.6. The molecule has 178 valence electrons. The highest BCUT2D eigenvalue weighted by Gasteiger charge is 2.32. The molecule has 1 unspecified atom stereocenters. The predicted molar refractivity (Wildman–Crippen MR) is 136 cm³/mol. The van der Waals surface area contributed by atoms with Crippen molar-refractivity contribution in [1.29, 1.82) is 0 Å². The first-order valence-corrected chi connectivity index (χ1v) is 12.5. The maximum Gasteiger partial charge on any atom is 0.226 e. The molecular formula is C28H32ClN3O2. The van der Waals surface area contributed by atoms with E-state index < -0.39 is 0 Å². The number of ether oxygens (including phenoxy) is 1. The summed E-state index contributed by atoms with van der Waals surface area (Å²) in [4.78, 5) is 20.5. The summed E-state index contributed by atoms with van der Waals surface area (Å²) in [6, 6.07) is 23.2. The lowest BCUT2D eigenvalue weighted by atomic mass is 9.93. The van der Waals surface area contributed by atoms with Crippen LogP contribution in [0.1, 0.15) is 43.0 Å².